The molecule has 2 heterocycles. The van der Waals surface area contributed by atoms with Crippen LogP contribution in [0.4, 0.5) is 0 Å². The van der Waals surface area contributed by atoms with Gasteiger partial charge in [-0.25, -0.2) is 0 Å². The van der Waals surface area contributed by atoms with Gasteiger partial charge in [0.15, 0.2) is 0 Å². The molecule has 368 valence electrons. The number of benzene rings is 7. The van der Waals surface area contributed by atoms with Gasteiger partial charge in [0.2, 0.25) is 0 Å². The van der Waals surface area contributed by atoms with Crippen molar-refractivity contribution in [3.63, 3.8) is 0 Å². The zero-order chi connectivity index (χ0) is 50.2. The topological polar surface area (TPSA) is 55.4 Å². The Labute approximate surface area is 425 Å². The minimum atomic E-state index is -2.08. The third-order valence-electron chi connectivity index (χ3n) is 14.4. The SMILES string of the molecule is CC1=CC=C(C(C)C)C(C)OP(Oc2ccc3ccccc3c2-c2c(OP3Oc4c(C(C)C)ccc(C)c4Cc4c(C)ccc(C(C)C)c4O3)ccc3ccccc23)Oc2c(C(C)C)ccc(C)c2CC1. The molecule has 0 fully saturated rings. The molecule has 2 aliphatic heterocycles. The van der Waals surface area contributed by atoms with Gasteiger partial charge in [-0.2, -0.15) is 0 Å². The summed E-state index contributed by atoms with van der Waals surface area (Å²) in [6.07, 6.45) is 6.66. The first-order valence-electron chi connectivity index (χ1n) is 25.5. The fraction of sp³-hybridized carbons (Fsp3) is 0.333. The normalized spacial score (nSPS) is 16.7. The lowest BCUT2D eigenvalue weighted by Crippen LogP contribution is -2.17. The number of aryl methyl sites for hydroxylation is 3. The van der Waals surface area contributed by atoms with Crippen molar-refractivity contribution in [2.75, 3.05) is 0 Å². The standard InChI is InChI=1S/C63H70O6P2/c1-37(2)48-29-22-41(9)23-30-52-42(10)24-31-49(38(3)4)61(52)67-70(64-45(48)13)65-57-34-27-46-18-14-16-20-53(46)59(57)60-54-21-17-15-19-47(54)28-35-58(60)66-71-68-62-50(39(5)6)32-25-43(11)55(62)36-56-44(12)26-33-51(40(7)8)63(56)69-71/h14-22,24-29,31-35,37-40,45H,23,30,36H2,1-13H3. The van der Waals surface area contributed by atoms with E-state index in [4.69, 9.17) is 27.1 Å². The third-order valence-corrected chi connectivity index (χ3v) is 16.6. The van der Waals surface area contributed by atoms with E-state index in [1.165, 1.54) is 33.4 Å². The summed E-state index contributed by atoms with van der Waals surface area (Å²) in [7, 11) is -4.13. The zero-order valence-electron chi connectivity index (χ0n) is 43.9. The molecule has 0 aromatic heterocycles. The van der Waals surface area contributed by atoms with E-state index in [1.807, 2.05) is 0 Å². The lowest BCUT2D eigenvalue weighted by Gasteiger charge is -2.30. The van der Waals surface area contributed by atoms with Crippen LogP contribution in [0.25, 0.3) is 32.7 Å². The molecule has 0 spiro atoms. The number of hydrogen-bond acceptors (Lipinski definition) is 6. The maximum atomic E-state index is 7.40. The summed E-state index contributed by atoms with van der Waals surface area (Å²) in [5, 5.41) is 4.13. The quantitative estimate of drug-likeness (QED) is 0.134. The molecule has 7 aromatic carbocycles. The van der Waals surface area contributed by atoms with Gasteiger partial charge in [0.05, 0.1) is 6.10 Å². The van der Waals surface area contributed by atoms with Crippen LogP contribution in [-0.2, 0) is 17.4 Å². The number of fused-ring (bicyclic) bond motifs is 5. The summed E-state index contributed by atoms with van der Waals surface area (Å²) in [5.41, 5.74) is 14.7. The smallest absolute Gasteiger partial charge is 0.417 e. The van der Waals surface area contributed by atoms with Crippen LogP contribution in [0.2, 0.25) is 0 Å². The van der Waals surface area contributed by atoms with Gasteiger partial charge in [0.25, 0.3) is 0 Å². The first-order chi connectivity index (χ1) is 34.1. The molecule has 2 atom stereocenters. The molecule has 0 bridgehead atoms. The van der Waals surface area contributed by atoms with Crippen molar-refractivity contribution < 1.29 is 27.1 Å². The van der Waals surface area contributed by atoms with Gasteiger partial charge in [-0.15, -0.1) is 0 Å². The fourth-order valence-electron chi connectivity index (χ4n) is 10.2. The van der Waals surface area contributed by atoms with Crippen molar-refractivity contribution in [1.82, 2.24) is 0 Å². The van der Waals surface area contributed by atoms with Gasteiger partial charge in [0, 0.05) is 28.7 Å². The molecule has 0 amide bonds. The van der Waals surface area contributed by atoms with E-state index in [9.17, 15) is 0 Å². The van der Waals surface area contributed by atoms with Crippen LogP contribution < -0.4 is 22.6 Å². The fourth-order valence-corrected chi connectivity index (χ4v) is 12.5. The number of hydrogen-bond donors (Lipinski definition) is 0. The molecule has 8 heteroatoms. The predicted octanol–water partition coefficient (Wildman–Crippen LogP) is 19.2. The molecular weight excluding hydrogens is 915 g/mol. The van der Waals surface area contributed by atoms with E-state index in [0.717, 1.165) is 90.6 Å². The van der Waals surface area contributed by atoms with Crippen LogP contribution in [0.1, 0.15) is 143 Å². The lowest BCUT2D eigenvalue weighted by molar-refractivity contribution is 0.212. The minimum Gasteiger partial charge on any atom is -0.417 e. The van der Waals surface area contributed by atoms with Gasteiger partial charge in [0.1, 0.15) is 28.7 Å². The Morgan fingerprint density at radius 1 is 0.465 bits per heavy atom. The molecular formula is C63H70O6P2. The van der Waals surface area contributed by atoms with Crippen LogP contribution >= 0.6 is 17.2 Å². The molecule has 0 saturated carbocycles. The molecule has 0 aliphatic carbocycles. The largest absolute Gasteiger partial charge is 0.530 e. The second-order valence-corrected chi connectivity index (χ2v) is 22.8. The van der Waals surface area contributed by atoms with Gasteiger partial charge < -0.3 is 22.6 Å². The van der Waals surface area contributed by atoms with Crippen LogP contribution in [-0.4, -0.2) is 6.10 Å². The molecule has 0 saturated heterocycles. The maximum Gasteiger partial charge on any atom is 0.530 e. The van der Waals surface area contributed by atoms with E-state index in [0.29, 0.717) is 17.9 Å². The predicted molar refractivity (Wildman–Crippen MR) is 298 cm³/mol. The van der Waals surface area contributed by atoms with Gasteiger partial charge in [-0.05, 0) is 149 Å². The third kappa shape index (κ3) is 10.4. The second-order valence-electron chi connectivity index (χ2n) is 20.8. The Bertz CT molecular complexity index is 3110. The Hall–Kier alpha value is -5.64. The van der Waals surface area contributed by atoms with Crippen molar-refractivity contribution in [2.45, 2.75) is 133 Å². The van der Waals surface area contributed by atoms with Crippen LogP contribution in [0.3, 0.4) is 0 Å². The van der Waals surface area contributed by atoms with E-state index < -0.39 is 17.2 Å². The second kappa shape index (κ2) is 21.2. The molecule has 0 radical (unpaired) electrons. The summed E-state index contributed by atoms with van der Waals surface area (Å²) in [6.45, 7) is 28.7. The van der Waals surface area contributed by atoms with Crippen LogP contribution in [0.5, 0.6) is 28.7 Å². The van der Waals surface area contributed by atoms with E-state index >= 15 is 0 Å². The Morgan fingerprint density at radius 2 is 0.901 bits per heavy atom. The van der Waals surface area contributed by atoms with Crippen molar-refractivity contribution in [3.05, 3.63) is 183 Å². The lowest BCUT2D eigenvalue weighted by atomic mass is 9.89. The zero-order valence-corrected chi connectivity index (χ0v) is 45.7. The monoisotopic (exact) mass is 984 g/mol. The maximum absolute atomic E-state index is 7.40. The Morgan fingerprint density at radius 3 is 1.38 bits per heavy atom. The Kier molecular flexibility index (Phi) is 15.0. The Balaban J connectivity index is 1.25. The molecule has 7 aromatic rings. The highest BCUT2D eigenvalue weighted by atomic mass is 31.2. The molecule has 9 rings (SSSR count). The van der Waals surface area contributed by atoms with E-state index in [2.05, 4.69) is 211 Å². The minimum absolute atomic E-state index is 0.208. The highest BCUT2D eigenvalue weighted by Gasteiger charge is 2.35. The van der Waals surface area contributed by atoms with E-state index in [1.54, 1.807) is 0 Å². The molecule has 2 aliphatic rings. The molecule has 6 nitrogen and oxygen atoms in total. The molecule has 0 N–H and O–H groups in total. The van der Waals surface area contributed by atoms with E-state index in [-0.39, 0.29) is 29.8 Å². The first kappa shape index (κ1) is 50.3. The summed E-state index contributed by atoms with van der Waals surface area (Å²) >= 11 is 0. The average molecular weight is 985 g/mol. The van der Waals surface area contributed by atoms with Crippen molar-refractivity contribution >= 4 is 38.7 Å². The first-order valence-corrected chi connectivity index (χ1v) is 27.7. The summed E-state index contributed by atoms with van der Waals surface area (Å²) in [6, 6.07) is 38.7. The summed E-state index contributed by atoms with van der Waals surface area (Å²) in [5.74, 6) is 4.64. The van der Waals surface area contributed by atoms with Crippen molar-refractivity contribution in [2.24, 2.45) is 5.92 Å². The van der Waals surface area contributed by atoms with Gasteiger partial charge >= 0.3 is 17.2 Å². The average Bonchev–Trinajstić information content (AvgIpc) is 3.32. The highest BCUT2D eigenvalue weighted by molar-refractivity contribution is 7.43. The summed E-state index contributed by atoms with van der Waals surface area (Å²) in [4.78, 5) is 0. The highest BCUT2D eigenvalue weighted by Crippen LogP contribution is 2.57. The van der Waals surface area contributed by atoms with Gasteiger partial charge in [-0.1, -0.05) is 170 Å². The molecule has 2 unspecified atom stereocenters. The number of rotatable bonds is 9. The molecule has 71 heavy (non-hydrogen) atoms. The van der Waals surface area contributed by atoms with Crippen molar-refractivity contribution in [1.29, 1.82) is 0 Å². The van der Waals surface area contributed by atoms with Gasteiger partial charge in [-0.3, -0.25) is 4.52 Å². The van der Waals surface area contributed by atoms with Crippen LogP contribution in [0, 0.1) is 26.7 Å². The van der Waals surface area contributed by atoms with Crippen molar-refractivity contribution in [3.8, 4) is 39.9 Å². The number of allylic oxidation sites excluding steroid dienone is 3. The summed E-state index contributed by atoms with van der Waals surface area (Å²) < 4.78 is 43.7. The van der Waals surface area contributed by atoms with Crippen LogP contribution in [0.15, 0.2) is 132 Å².